The molecule has 0 saturated carbocycles. The van der Waals surface area contributed by atoms with Crippen LogP contribution < -0.4 is 16.3 Å². The Morgan fingerprint density at radius 2 is 1.58 bits per heavy atom. The normalized spacial score (nSPS) is 14.4. The Balaban J connectivity index is 1.65. The number of nitrogens with one attached hydrogen (secondary N) is 2. The third-order valence-electron chi connectivity index (χ3n) is 6.18. The smallest absolute Gasteiger partial charge is 0.342 e. The highest BCUT2D eigenvalue weighted by Gasteiger charge is 2.32. The number of rotatable bonds is 2. The summed E-state index contributed by atoms with van der Waals surface area (Å²) in [5.74, 6) is -0.128. The topological polar surface area (TPSA) is 71.3 Å². The monoisotopic (exact) mass is 432 g/mol. The highest BCUT2D eigenvalue weighted by Crippen LogP contribution is 2.47. The number of carbonyl (C=O) groups is 1. The molecule has 33 heavy (non-hydrogen) atoms. The van der Waals surface area contributed by atoms with Gasteiger partial charge in [0.1, 0.15) is 5.58 Å². The lowest BCUT2D eigenvalue weighted by molar-refractivity contribution is -0.114. The molecule has 0 radical (unpaired) electrons. The summed E-state index contributed by atoms with van der Waals surface area (Å²) in [4.78, 5) is 24.8. The van der Waals surface area contributed by atoms with Gasteiger partial charge in [-0.2, -0.15) is 0 Å². The second-order valence-electron chi connectivity index (χ2n) is 8.26. The average Bonchev–Trinajstić information content (AvgIpc) is 2.83. The first-order chi connectivity index (χ1) is 16.1. The lowest BCUT2D eigenvalue weighted by Gasteiger charge is -2.30. The van der Waals surface area contributed by atoms with E-state index in [9.17, 15) is 9.59 Å². The average molecular weight is 432 g/mol. The maximum atomic E-state index is 13.4. The minimum atomic E-state index is -0.388. The van der Waals surface area contributed by atoms with Crippen molar-refractivity contribution in [2.75, 3.05) is 10.6 Å². The zero-order valence-electron chi connectivity index (χ0n) is 17.9. The Morgan fingerprint density at radius 3 is 2.36 bits per heavy atom. The molecule has 5 heteroatoms. The summed E-state index contributed by atoms with van der Waals surface area (Å²) in [5.41, 5.74) is 5.30. The third-order valence-corrected chi connectivity index (χ3v) is 6.18. The molecule has 0 bridgehead atoms. The van der Waals surface area contributed by atoms with Crippen LogP contribution in [0.5, 0.6) is 0 Å². The van der Waals surface area contributed by atoms with Crippen molar-refractivity contribution in [2.45, 2.75) is 13.0 Å². The van der Waals surface area contributed by atoms with Crippen LogP contribution in [0.4, 0.5) is 11.4 Å². The fourth-order valence-electron chi connectivity index (χ4n) is 4.80. The molecule has 0 aliphatic carbocycles. The van der Waals surface area contributed by atoms with Gasteiger partial charge in [-0.25, -0.2) is 4.79 Å². The Labute approximate surface area is 189 Å². The molecule has 6 rings (SSSR count). The predicted molar refractivity (Wildman–Crippen MR) is 132 cm³/mol. The van der Waals surface area contributed by atoms with Gasteiger partial charge in [0.25, 0.3) is 0 Å². The maximum Gasteiger partial charge on any atom is 0.342 e. The van der Waals surface area contributed by atoms with Crippen LogP contribution in [-0.2, 0) is 4.79 Å². The van der Waals surface area contributed by atoms with Gasteiger partial charge in [0, 0.05) is 34.8 Å². The Kier molecular flexibility index (Phi) is 4.30. The summed E-state index contributed by atoms with van der Waals surface area (Å²) in [7, 11) is 0. The van der Waals surface area contributed by atoms with Gasteiger partial charge in [-0.3, -0.25) is 4.79 Å². The molecule has 0 fully saturated rings. The molecule has 2 N–H and O–H groups in total. The number of hydrogen-bond acceptors (Lipinski definition) is 4. The number of fused-ring (bicyclic) bond motifs is 7. The molecule has 5 aromatic rings. The number of anilines is 2. The molecule has 1 unspecified atom stereocenters. The van der Waals surface area contributed by atoms with E-state index in [0.29, 0.717) is 16.8 Å². The Morgan fingerprint density at radius 1 is 0.848 bits per heavy atom. The van der Waals surface area contributed by atoms with Crippen molar-refractivity contribution in [1.29, 1.82) is 0 Å². The van der Waals surface area contributed by atoms with Crippen molar-refractivity contribution < 1.29 is 9.21 Å². The van der Waals surface area contributed by atoms with Crippen molar-refractivity contribution in [3.8, 4) is 11.1 Å². The van der Waals surface area contributed by atoms with Gasteiger partial charge in [0.15, 0.2) is 0 Å². The van der Waals surface area contributed by atoms with Gasteiger partial charge in [0.2, 0.25) is 5.91 Å². The van der Waals surface area contributed by atoms with E-state index in [2.05, 4.69) is 34.9 Å². The molecule has 5 nitrogen and oxygen atoms in total. The largest absolute Gasteiger partial charge is 0.422 e. The molecular weight excluding hydrogens is 412 g/mol. The molecule has 1 atom stereocenters. The van der Waals surface area contributed by atoms with Gasteiger partial charge in [-0.05, 0) is 40.6 Å². The van der Waals surface area contributed by atoms with Gasteiger partial charge in [0.05, 0.1) is 11.6 Å². The first-order valence-electron chi connectivity index (χ1n) is 10.8. The van der Waals surface area contributed by atoms with Crippen molar-refractivity contribution in [3.63, 3.8) is 0 Å². The van der Waals surface area contributed by atoms with E-state index in [-0.39, 0.29) is 17.6 Å². The minimum Gasteiger partial charge on any atom is -0.422 e. The maximum absolute atomic E-state index is 13.4. The number of carbonyl (C=O) groups excluding carboxylic acids is 1. The van der Waals surface area contributed by atoms with E-state index in [1.54, 1.807) is 0 Å². The van der Waals surface area contributed by atoms with Crippen LogP contribution in [0.25, 0.3) is 32.9 Å². The third kappa shape index (κ3) is 3.09. The Bertz CT molecular complexity index is 1620. The van der Waals surface area contributed by atoms with E-state index < -0.39 is 0 Å². The minimum absolute atomic E-state index is 0.128. The lowest BCUT2D eigenvalue weighted by atomic mass is 9.83. The molecule has 1 amide bonds. The lowest BCUT2D eigenvalue weighted by Crippen LogP contribution is -2.25. The molecule has 1 aromatic heterocycles. The van der Waals surface area contributed by atoms with E-state index in [0.717, 1.165) is 38.5 Å². The van der Waals surface area contributed by atoms with Crippen LogP contribution in [0.1, 0.15) is 24.1 Å². The quantitative estimate of drug-likeness (QED) is 0.331. The van der Waals surface area contributed by atoms with Crippen LogP contribution >= 0.6 is 0 Å². The standard InChI is InChI=1S/C28H20N2O3/c1-16(31)29-19-13-10-18(11-14-19)27-26-25(21-8-4-5-9-23(21)33-28(26)32)24-20-7-3-2-6-17(20)12-15-22(24)30-27/h2-15,27,30H,1H3,(H,29,31). The van der Waals surface area contributed by atoms with Crippen molar-refractivity contribution in [2.24, 2.45) is 0 Å². The SMILES string of the molecule is CC(=O)Nc1ccc(C2Nc3ccc4ccccc4c3-c3c2c(=O)oc2ccccc32)cc1. The summed E-state index contributed by atoms with van der Waals surface area (Å²) in [6, 6.07) is 27.2. The molecule has 0 spiro atoms. The predicted octanol–water partition coefficient (Wildman–Crippen LogP) is 6.09. The molecule has 1 aliphatic heterocycles. The first-order valence-corrected chi connectivity index (χ1v) is 10.8. The van der Waals surface area contributed by atoms with Crippen LogP contribution in [0.2, 0.25) is 0 Å². The zero-order chi connectivity index (χ0) is 22.5. The zero-order valence-corrected chi connectivity index (χ0v) is 17.9. The molecular formula is C28H20N2O3. The fourth-order valence-corrected chi connectivity index (χ4v) is 4.80. The molecule has 2 heterocycles. The summed E-state index contributed by atoms with van der Waals surface area (Å²) >= 11 is 0. The van der Waals surface area contributed by atoms with E-state index in [1.165, 1.54) is 6.92 Å². The van der Waals surface area contributed by atoms with E-state index in [4.69, 9.17) is 4.42 Å². The van der Waals surface area contributed by atoms with Crippen LogP contribution in [-0.4, -0.2) is 5.91 Å². The highest BCUT2D eigenvalue weighted by atomic mass is 16.4. The highest BCUT2D eigenvalue weighted by molar-refractivity contribution is 6.11. The number of benzene rings is 4. The number of amides is 1. The van der Waals surface area contributed by atoms with Crippen molar-refractivity contribution in [3.05, 3.63) is 106 Å². The van der Waals surface area contributed by atoms with Crippen LogP contribution in [0.3, 0.4) is 0 Å². The Hall–Kier alpha value is -4.38. The second-order valence-corrected chi connectivity index (χ2v) is 8.26. The number of para-hydroxylation sites is 1. The van der Waals surface area contributed by atoms with Gasteiger partial charge < -0.3 is 15.1 Å². The summed E-state index contributed by atoms with van der Waals surface area (Å²) in [6.45, 7) is 1.48. The van der Waals surface area contributed by atoms with Crippen LogP contribution in [0, 0.1) is 0 Å². The van der Waals surface area contributed by atoms with E-state index >= 15 is 0 Å². The van der Waals surface area contributed by atoms with Crippen molar-refractivity contribution >= 4 is 39.0 Å². The second kappa shape index (κ2) is 7.35. The molecule has 1 aliphatic rings. The first kappa shape index (κ1) is 19.3. The van der Waals surface area contributed by atoms with Crippen LogP contribution in [0.15, 0.2) is 94.1 Å². The fraction of sp³-hybridized carbons (Fsp3) is 0.0714. The molecule has 4 aromatic carbocycles. The van der Waals surface area contributed by atoms with Gasteiger partial charge in [-0.1, -0.05) is 60.7 Å². The van der Waals surface area contributed by atoms with Gasteiger partial charge in [-0.15, -0.1) is 0 Å². The van der Waals surface area contributed by atoms with Gasteiger partial charge >= 0.3 is 5.63 Å². The summed E-state index contributed by atoms with van der Waals surface area (Å²) in [6.07, 6.45) is 0. The summed E-state index contributed by atoms with van der Waals surface area (Å²) in [5, 5.41) is 9.47. The van der Waals surface area contributed by atoms with E-state index in [1.807, 2.05) is 60.7 Å². The molecule has 0 saturated heterocycles. The molecule has 160 valence electrons. The summed E-state index contributed by atoms with van der Waals surface area (Å²) < 4.78 is 5.76. The number of hydrogen-bond donors (Lipinski definition) is 2. The van der Waals surface area contributed by atoms with Crippen molar-refractivity contribution in [1.82, 2.24) is 0 Å².